The van der Waals surface area contributed by atoms with E-state index in [2.05, 4.69) is 4.98 Å². The van der Waals surface area contributed by atoms with Crippen molar-refractivity contribution in [1.29, 1.82) is 0 Å². The monoisotopic (exact) mass is 421 g/mol. The lowest BCUT2D eigenvalue weighted by atomic mass is 10.0. The van der Waals surface area contributed by atoms with Crippen molar-refractivity contribution in [2.75, 3.05) is 9.80 Å². The van der Waals surface area contributed by atoms with Gasteiger partial charge in [0.25, 0.3) is 10.1 Å². The number of anilines is 2. The molecule has 1 fully saturated rings. The third-order valence-corrected chi connectivity index (χ3v) is 6.45. The molecule has 2 aromatic rings. The van der Waals surface area contributed by atoms with Crippen LogP contribution in [-0.4, -0.2) is 34.9 Å². The number of thiophene rings is 1. The van der Waals surface area contributed by atoms with Crippen molar-refractivity contribution < 1.29 is 30.9 Å². The van der Waals surface area contributed by atoms with E-state index in [1.165, 1.54) is 38.4 Å². The number of alkyl halides is 3. The highest BCUT2D eigenvalue weighted by Crippen LogP contribution is 2.44. The normalized spacial score (nSPS) is 20.4. The lowest BCUT2D eigenvalue weighted by molar-refractivity contribution is -0.137. The van der Waals surface area contributed by atoms with Gasteiger partial charge in [0.2, 0.25) is 0 Å². The summed E-state index contributed by atoms with van der Waals surface area (Å²) in [6.45, 7) is 2.81. The maximum Gasteiger partial charge on any atom is 0.417 e. The number of amides is 2. The molecule has 12 heteroatoms. The Labute approximate surface area is 156 Å². The lowest BCUT2D eigenvalue weighted by Crippen LogP contribution is -2.51. The molecule has 27 heavy (non-hydrogen) atoms. The van der Waals surface area contributed by atoms with Crippen molar-refractivity contribution in [2.45, 2.75) is 30.9 Å². The molecule has 1 unspecified atom stereocenters. The first-order valence-corrected chi connectivity index (χ1v) is 9.89. The summed E-state index contributed by atoms with van der Waals surface area (Å²) in [5, 5.41) is -1.25. The van der Waals surface area contributed by atoms with Crippen molar-refractivity contribution in [1.82, 2.24) is 4.98 Å². The number of rotatable bonds is 3. The standard InChI is InChI=1S/C15H14F3N3O4S2/c1-14(2)12(27(23,24)25)20(11-7-9(8-26-11)15(16,17)18)13(22)21(14)10-3-5-19-6-4-10/h3-8,12H,1-2H3,(H,23,24,25). The van der Waals surface area contributed by atoms with Crippen LogP contribution in [0.2, 0.25) is 0 Å². The number of hydrogen-bond donors (Lipinski definition) is 1. The fraction of sp³-hybridized carbons (Fsp3) is 0.333. The van der Waals surface area contributed by atoms with E-state index < -0.39 is 38.8 Å². The van der Waals surface area contributed by atoms with E-state index in [9.17, 15) is 30.9 Å². The fourth-order valence-corrected chi connectivity index (χ4v) is 5.44. The Hall–Kier alpha value is -2.18. The average Bonchev–Trinajstić information content (AvgIpc) is 3.08. The maximum atomic E-state index is 13.0. The number of aromatic nitrogens is 1. The van der Waals surface area contributed by atoms with E-state index in [1.54, 1.807) is 0 Å². The van der Waals surface area contributed by atoms with Crippen LogP contribution in [0, 0.1) is 0 Å². The van der Waals surface area contributed by atoms with Crippen molar-refractivity contribution in [3.05, 3.63) is 41.5 Å². The Morgan fingerprint density at radius 3 is 2.33 bits per heavy atom. The van der Waals surface area contributed by atoms with Gasteiger partial charge in [-0.2, -0.15) is 21.6 Å². The summed E-state index contributed by atoms with van der Waals surface area (Å²) in [5.74, 6) is 0. The lowest BCUT2D eigenvalue weighted by Gasteiger charge is -2.32. The summed E-state index contributed by atoms with van der Waals surface area (Å²) < 4.78 is 72.7. The molecule has 1 atom stereocenters. The summed E-state index contributed by atoms with van der Waals surface area (Å²) in [4.78, 5) is 18.6. The van der Waals surface area contributed by atoms with Crippen LogP contribution in [0.25, 0.3) is 0 Å². The summed E-state index contributed by atoms with van der Waals surface area (Å²) in [7, 11) is -4.83. The molecule has 1 aliphatic heterocycles. The van der Waals surface area contributed by atoms with Crippen LogP contribution in [0.3, 0.4) is 0 Å². The molecule has 7 nitrogen and oxygen atoms in total. The van der Waals surface area contributed by atoms with E-state index in [0.717, 1.165) is 10.3 Å². The van der Waals surface area contributed by atoms with Gasteiger partial charge in [0, 0.05) is 23.5 Å². The number of halogens is 3. The number of pyridine rings is 1. The smallest absolute Gasteiger partial charge is 0.285 e. The van der Waals surface area contributed by atoms with Crippen molar-refractivity contribution in [3.63, 3.8) is 0 Å². The van der Waals surface area contributed by atoms with Crippen molar-refractivity contribution in [3.8, 4) is 0 Å². The molecule has 0 bridgehead atoms. The summed E-state index contributed by atoms with van der Waals surface area (Å²) >= 11 is 0.566. The molecule has 0 spiro atoms. The Morgan fingerprint density at radius 2 is 1.85 bits per heavy atom. The van der Waals surface area contributed by atoms with Crippen LogP contribution in [0.15, 0.2) is 36.0 Å². The van der Waals surface area contributed by atoms with Crippen LogP contribution in [-0.2, 0) is 16.3 Å². The second-order valence-corrected chi connectivity index (χ2v) is 8.75. The molecular weight excluding hydrogens is 407 g/mol. The minimum absolute atomic E-state index is 0.236. The molecule has 0 radical (unpaired) electrons. The van der Waals surface area contributed by atoms with Gasteiger partial charge in [0.05, 0.1) is 11.1 Å². The highest BCUT2D eigenvalue weighted by Gasteiger charge is 2.59. The van der Waals surface area contributed by atoms with Gasteiger partial charge in [0.1, 0.15) is 5.00 Å². The fourth-order valence-electron chi connectivity index (χ4n) is 3.12. The quantitative estimate of drug-likeness (QED) is 0.765. The molecule has 146 valence electrons. The Morgan fingerprint density at radius 1 is 1.26 bits per heavy atom. The van der Waals surface area contributed by atoms with Crippen LogP contribution in [0.1, 0.15) is 19.4 Å². The Bertz CT molecular complexity index is 974. The molecule has 0 aliphatic carbocycles. The largest absolute Gasteiger partial charge is 0.417 e. The van der Waals surface area contributed by atoms with Gasteiger partial charge in [0.15, 0.2) is 5.37 Å². The summed E-state index contributed by atoms with van der Waals surface area (Å²) in [5.41, 5.74) is -2.19. The van der Waals surface area contributed by atoms with Gasteiger partial charge in [-0.3, -0.25) is 19.3 Å². The third kappa shape index (κ3) is 3.28. The van der Waals surface area contributed by atoms with Crippen LogP contribution < -0.4 is 9.80 Å². The predicted molar refractivity (Wildman–Crippen MR) is 93.3 cm³/mol. The average molecular weight is 421 g/mol. The maximum absolute atomic E-state index is 13.0. The number of carbonyl (C=O) groups excluding carboxylic acids is 1. The molecule has 0 aromatic carbocycles. The molecule has 2 amide bonds. The molecule has 1 saturated heterocycles. The van der Waals surface area contributed by atoms with E-state index in [0.29, 0.717) is 28.0 Å². The molecule has 1 aliphatic rings. The first-order chi connectivity index (χ1) is 12.3. The first-order valence-electron chi connectivity index (χ1n) is 7.50. The minimum atomic E-state index is -4.83. The van der Waals surface area contributed by atoms with Gasteiger partial charge < -0.3 is 0 Å². The minimum Gasteiger partial charge on any atom is -0.285 e. The topological polar surface area (TPSA) is 90.8 Å². The van der Waals surface area contributed by atoms with E-state index >= 15 is 0 Å². The number of carbonyl (C=O) groups is 1. The van der Waals surface area contributed by atoms with E-state index in [1.807, 2.05) is 0 Å². The summed E-state index contributed by atoms with van der Waals surface area (Å²) in [6, 6.07) is 2.73. The molecule has 3 rings (SSSR count). The molecular formula is C15H14F3N3O4S2. The summed E-state index contributed by atoms with van der Waals surface area (Å²) in [6.07, 6.45) is -1.88. The van der Waals surface area contributed by atoms with Crippen molar-refractivity contribution in [2.24, 2.45) is 0 Å². The molecule has 2 aromatic heterocycles. The Balaban J connectivity index is 2.17. The zero-order chi connectivity index (χ0) is 20.2. The second kappa shape index (κ2) is 6.17. The van der Waals surface area contributed by atoms with Gasteiger partial charge in [-0.25, -0.2) is 4.79 Å². The zero-order valence-electron chi connectivity index (χ0n) is 14.0. The Kier molecular flexibility index (Phi) is 4.48. The molecule has 3 heterocycles. The molecule has 1 N–H and O–H groups in total. The van der Waals surface area contributed by atoms with Gasteiger partial charge in [-0.1, -0.05) is 0 Å². The van der Waals surface area contributed by atoms with Gasteiger partial charge in [-0.05, 0) is 32.0 Å². The number of urea groups is 1. The molecule has 0 saturated carbocycles. The second-order valence-electron chi connectivity index (χ2n) is 6.39. The highest BCUT2D eigenvalue weighted by atomic mass is 32.2. The van der Waals surface area contributed by atoms with Crippen LogP contribution >= 0.6 is 11.3 Å². The van der Waals surface area contributed by atoms with Crippen LogP contribution in [0.4, 0.5) is 28.7 Å². The highest BCUT2D eigenvalue weighted by molar-refractivity contribution is 7.86. The predicted octanol–water partition coefficient (Wildman–Crippen LogP) is 3.60. The van der Waals surface area contributed by atoms with Crippen LogP contribution in [0.5, 0.6) is 0 Å². The van der Waals surface area contributed by atoms with Gasteiger partial charge in [-0.15, -0.1) is 11.3 Å². The third-order valence-electron chi connectivity index (χ3n) is 4.17. The number of hydrogen-bond acceptors (Lipinski definition) is 5. The first kappa shape index (κ1) is 19.6. The number of nitrogens with zero attached hydrogens (tertiary/aromatic N) is 3. The van der Waals surface area contributed by atoms with Gasteiger partial charge >= 0.3 is 12.2 Å². The van der Waals surface area contributed by atoms with Crippen molar-refractivity contribution >= 4 is 38.2 Å². The SMILES string of the molecule is CC1(C)C(S(=O)(=O)O)N(c2cc(C(F)(F)F)cs2)C(=O)N1c1ccncc1. The zero-order valence-corrected chi connectivity index (χ0v) is 15.6. The van der Waals surface area contributed by atoms with E-state index in [-0.39, 0.29) is 5.00 Å². The van der Waals surface area contributed by atoms with E-state index in [4.69, 9.17) is 0 Å².